The minimum Gasteiger partial charge on any atom is -0.423 e. The molecule has 0 saturated heterocycles. The maximum atomic E-state index is 13.4. The van der Waals surface area contributed by atoms with Crippen LogP contribution >= 0.6 is 0 Å². The van der Waals surface area contributed by atoms with E-state index in [4.69, 9.17) is 15.3 Å². The molecule has 2 aromatic heterocycles. The number of benzene rings is 6. The highest BCUT2D eigenvalue weighted by atomic mass is 32.2. The molecule has 0 amide bonds. The molecule has 0 bridgehead atoms. The van der Waals surface area contributed by atoms with Crippen molar-refractivity contribution in [1.29, 1.82) is 0 Å². The smallest absolute Gasteiger partial charge is 0.417 e. The molecule has 0 aliphatic heterocycles. The zero-order valence-corrected chi connectivity index (χ0v) is 35.7. The average Bonchev–Trinajstić information content (AvgIpc) is 3.27. The van der Waals surface area contributed by atoms with Crippen LogP contribution in [0.25, 0.3) is 21.9 Å². The van der Waals surface area contributed by atoms with Crippen molar-refractivity contribution in [3.63, 3.8) is 0 Å². The van der Waals surface area contributed by atoms with Crippen molar-refractivity contribution >= 4 is 53.4 Å². The number of anilines is 2. The predicted octanol–water partition coefficient (Wildman–Crippen LogP) is 10.5. The molecular formula is C48H31F7N2O8S2. The summed E-state index contributed by atoms with van der Waals surface area (Å²) >= 11 is 0. The van der Waals surface area contributed by atoms with E-state index in [1.54, 1.807) is 54.6 Å². The van der Waals surface area contributed by atoms with Crippen molar-refractivity contribution in [2.45, 2.75) is 35.0 Å². The van der Waals surface area contributed by atoms with E-state index >= 15 is 0 Å². The first-order valence-electron chi connectivity index (χ1n) is 19.4. The molecule has 67 heavy (non-hydrogen) atoms. The number of terminal acetylenes is 1. The number of hydrogen-bond acceptors (Lipinski definition) is 8. The Bertz CT molecular complexity index is 3510. The number of fused-ring (bicyclic) bond motifs is 2. The molecule has 8 aromatic rings. The molecule has 0 spiro atoms. The number of hydrogen-bond donors (Lipinski definition) is 2. The van der Waals surface area contributed by atoms with Crippen LogP contribution in [0.5, 0.6) is 0 Å². The summed E-state index contributed by atoms with van der Waals surface area (Å²) in [5, 5.41) is -0.453. The third kappa shape index (κ3) is 11.6. The molecule has 0 radical (unpaired) electrons. The van der Waals surface area contributed by atoms with Crippen molar-refractivity contribution < 1.29 is 56.4 Å². The van der Waals surface area contributed by atoms with Crippen LogP contribution in [0.3, 0.4) is 0 Å². The molecule has 6 aromatic carbocycles. The molecule has 0 fully saturated rings. The summed E-state index contributed by atoms with van der Waals surface area (Å²) in [6.07, 6.45) is -3.68. The van der Waals surface area contributed by atoms with E-state index in [0.717, 1.165) is 12.1 Å². The highest BCUT2D eigenvalue weighted by molar-refractivity contribution is 7.93. The first-order valence-corrected chi connectivity index (χ1v) is 22.4. The predicted molar refractivity (Wildman–Crippen MR) is 236 cm³/mol. The maximum absolute atomic E-state index is 13.4. The minimum atomic E-state index is -4.72. The lowest BCUT2D eigenvalue weighted by molar-refractivity contribution is -0.137. The Kier molecular flexibility index (Phi) is 13.2. The summed E-state index contributed by atoms with van der Waals surface area (Å²) in [5.41, 5.74) is -1.09. The largest absolute Gasteiger partial charge is 0.423 e. The van der Waals surface area contributed by atoms with Crippen LogP contribution < -0.4 is 20.7 Å². The van der Waals surface area contributed by atoms with Gasteiger partial charge in [-0.25, -0.2) is 30.8 Å². The second-order valence-electron chi connectivity index (χ2n) is 14.7. The zero-order chi connectivity index (χ0) is 48.3. The maximum Gasteiger partial charge on any atom is 0.417 e. The standard InChI is InChI=1S/C25H16F3NO4S.C23H15F4NO4S/c1-2-16-3-8-19(9-4-16)29-34(31,32)20-10-5-17(6-11-20)13-18-7-12-23-21(14-18)22(25(26,27)28)15-24(30)33-23;24-16-4-6-17(7-5-16)28-33(30,31)18-8-1-14(2-9-18)11-15-3-10-21-19(12-15)20(23(25,26)27)13-22(29)32-21/h1,3-12,14-15,29H,13H2;1-10,12-13,28H,11H2. The first kappa shape index (κ1) is 47.3. The summed E-state index contributed by atoms with van der Waals surface area (Å²) in [6, 6.07) is 32.1. The molecule has 19 heteroatoms. The lowest BCUT2D eigenvalue weighted by atomic mass is 10.0. The van der Waals surface area contributed by atoms with Gasteiger partial charge in [0.05, 0.1) is 20.9 Å². The van der Waals surface area contributed by atoms with Crippen LogP contribution in [0.1, 0.15) is 38.9 Å². The van der Waals surface area contributed by atoms with Crippen LogP contribution in [-0.4, -0.2) is 16.8 Å². The molecular weight excluding hydrogens is 930 g/mol. The van der Waals surface area contributed by atoms with Crippen molar-refractivity contribution in [3.05, 3.63) is 211 Å². The summed E-state index contributed by atoms with van der Waals surface area (Å²) in [5.74, 6) is 1.95. The number of sulfonamides is 2. The fraction of sp³-hybridized carbons (Fsp3) is 0.0833. The van der Waals surface area contributed by atoms with Gasteiger partial charge in [-0.15, -0.1) is 6.42 Å². The van der Waals surface area contributed by atoms with E-state index in [2.05, 4.69) is 15.4 Å². The van der Waals surface area contributed by atoms with Gasteiger partial charge in [0.1, 0.15) is 17.0 Å². The van der Waals surface area contributed by atoms with Gasteiger partial charge in [-0.3, -0.25) is 9.44 Å². The number of alkyl halides is 6. The van der Waals surface area contributed by atoms with E-state index in [1.807, 2.05) is 0 Å². The number of nitrogens with one attached hydrogen (secondary N) is 2. The average molecular weight is 961 g/mol. The van der Waals surface area contributed by atoms with Gasteiger partial charge < -0.3 is 8.83 Å². The third-order valence-corrected chi connectivity index (χ3v) is 12.7. The molecule has 10 nitrogen and oxygen atoms in total. The fourth-order valence-electron chi connectivity index (χ4n) is 6.73. The number of rotatable bonds is 10. The van der Waals surface area contributed by atoms with E-state index in [0.29, 0.717) is 45.6 Å². The quantitative estimate of drug-likeness (QED) is 0.0781. The van der Waals surface area contributed by atoms with Gasteiger partial charge in [0.25, 0.3) is 20.0 Å². The normalized spacial score (nSPS) is 12.0. The Morgan fingerprint density at radius 2 is 0.851 bits per heavy atom. The highest BCUT2D eigenvalue weighted by Crippen LogP contribution is 2.36. The molecule has 8 rings (SSSR count). The number of halogens is 7. The van der Waals surface area contributed by atoms with E-state index in [9.17, 15) is 57.2 Å². The molecule has 0 unspecified atom stereocenters. The second-order valence-corrected chi connectivity index (χ2v) is 18.1. The minimum absolute atomic E-state index is 0.0249. The van der Waals surface area contributed by atoms with Gasteiger partial charge in [-0.2, -0.15) is 26.3 Å². The monoisotopic (exact) mass is 960 g/mol. The third-order valence-electron chi connectivity index (χ3n) is 9.91. The lowest BCUT2D eigenvalue weighted by Crippen LogP contribution is -2.13. The Morgan fingerprint density at radius 3 is 1.21 bits per heavy atom. The molecule has 0 saturated carbocycles. The molecule has 342 valence electrons. The van der Waals surface area contributed by atoms with Crippen LogP contribution in [0, 0.1) is 18.2 Å². The van der Waals surface area contributed by atoms with Crippen molar-refractivity contribution in [2.75, 3.05) is 9.44 Å². The Hall–Kier alpha value is -7.69. The van der Waals surface area contributed by atoms with Gasteiger partial charge >= 0.3 is 23.6 Å². The van der Waals surface area contributed by atoms with Crippen LogP contribution in [0.15, 0.2) is 174 Å². The van der Waals surface area contributed by atoms with Gasteiger partial charge in [-0.05, 0) is 132 Å². The summed E-state index contributed by atoms with van der Waals surface area (Å²) in [7, 11) is -7.76. The summed E-state index contributed by atoms with van der Waals surface area (Å²) < 4.78 is 158. The molecule has 0 aliphatic rings. The molecule has 0 atom stereocenters. The van der Waals surface area contributed by atoms with Gasteiger partial charge in [0.2, 0.25) is 0 Å². The SMILES string of the molecule is C#Cc1ccc(NS(=O)(=O)c2ccc(Cc3ccc4oc(=O)cc(C(F)(F)F)c4c3)cc2)cc1.O=c1cc(C(F)(F)F)c2cc(Cc3ccc(S(=O)(=O)Nc4ccc(F)cc4)cc3)ccc2o1. The van der Waals surface area contributed by atoms with Gasteiger partial charge in [-0.1, -0.05) is 42.3 Å². The van der Waals surface area contributed by atoms with Gasteiger partial charge in [0, 0.05) is 39.8 Å². The van der Waals surface area contributed by atoms with Crippen molar-refractivity contribution in [3.8, 4) is 12.3 Å². The van der Waals surface area contributed by atoms with Crippen molar-refractivity contribution in [1.82, 2.24) is 0 Å². The fourth-order valence-corrected chi connectivity index (χ4v) is 8.85. The summed E-state index contributed by atoms with van der Waals surface area (Å²) in [4.78, 5) is 22.9. The molecule has 0 aliphatic carbocycles. The van der Waals surface area contributed by atoms with Gasteiger partial charge in [0.15, 0.2) is 0 Å². The first-order chi connectivity index (χ1) is 31.6. The second kappa shape index (κ2) is 18.7. The van der Waals surface area contributed by atoms with Crippen LogP contribution in [0.2, 0.25) is 0 Å². The Labute approximate surface area is 376 Å². The van der Waals surface area contributed by atoms with E-state index in [1.165, 1.54) is 66.7 Å². The Morgan fingerprint density at radius 1 is 0.493 bits per heavy atom. The molecule has 2 N–H and O–H groups in total. The summed E-state index contributed by atoms with van der Waals surface area (Å²) in [6.45, 7) is 0. The van der Waals surface area contributed by atoms with E-state index < -0.39 is 60.6 Å². The van der Waals surface area contributed by atoms with E-state index in [-0.39, 0.29) is 50.3 Å². The lowest BCUT2D eigenvalue weighted by Gasteiger charge is -2.11. The van der Waals surface area contributed by atoms with Crippen LogP contribution in [-0.2, 0) is 45.2 Å². The molecule has 2 heterocycles. The van der Waals surface area contributed by atoms with Crippen LogP contribution in [0.4, 0.5) is 42.1 Å². The topological polar surface area (TPSA) is 153 Å². The zero-order valence-electron chi connectivity index (χ0n) is 34.1. The van der Waals surface area contributed by atoms with Crippen molar-refractivity contribution in [2.24, 2.45) is 0 Å². The Balaban J connectivity index is 0.000000199. The highest BCUT2D eigenvalue weighted by Gasteiger charge is 2.35.